The summed E-state index contributed by atoms with van der Waals surface area (Å²) in [6, 6.07) is 12.9. The molecule has 1 saturated heterocycles. The fourth-order valence-corrected chi connectivity index (χ4v) is 3.29. The van der Waals surface area contributed by atoms with Gasteiger partial charge in [0.2, 0.25) is 0 Å². The van der Waals surface area contributed by atoms with Crippen molar-refractivity contribution in [3.05, 3.63) is 76.5 Å². The fourth-order valence-electron chi connectivity index (χ4n) is 3.29. The molecular weight excluding hydrogens is 436 g/mol. The highest BCUT2D eigenvalue weighted by Crippen LogP contribution is 2.35. The van der Waals surface area contributed by atoms with Crippen molar-refractivity contribution in [2.75, 3.05) is 11.4 Å². The normalized spacial score (nSPS) is 19.8. The van der Waals surface area contributed by atoms with Crippen LogP contribution in [0.5, 0.6) is 0 Å². The van der Waals surface area contributed by atoms with Gasteiger partial charge in [-0.15, -0.1) is 24.0 Å². The molecular formula is C18H17FIN3O2. The molecule has 25 heavy (non-hydrogen) atoms. The van der Waals surface area contributed by atoms with E-state index >= 15 is 0 Å². The first-order valence-corrected chi connectivity index (χ1v) is 7.80. The van der Waals surface area contributed by atoms with Gasteiger partial charge in [0.05, 0.1) is 12.1 Å². The number of aromatic nitrogens is 2. The van der Waals surface area contributed by atoms with Gasteiger partial charge < -0.3 is 10.0 Å². The molecule has 0 radical (unpaired) electrons. The molecule has 1 fully saturated rings. The second-order valence-electron chi connectivity index (χ2n) is 5.99. The Morgan fingerprint density at radius 3 is 2.80 bits per heavy atom. The number of hydrogen-bond donors (Lipinski definition) is 1. The van der Waals surface area contributed by atoms with E-state index in [1.54, 1.807) is 24.4 Å². The van der Waals surface area contributed by atoms with Gasteiger partial charge in [0, 0.05) is 18.8 Å². The molecule has 2 unspecified atom stereocenters. The SMILES string of the molecule is I.O=c1cc(N2CC(O)CC2c2cccc(F)c2)nc2ccccn12. The molecule has 1 aliphatic heterocycles. The smallest absolute Gasteiger partial charge is 0.259 e. The monoisotopic (exact) mass is 453 g/mol. The second-order valence-corrected chi connectivity index (χ2v) is 5.99. The minimum Gasteiger partial charge on any atom is -0.391 e. The van der Waals surface area contributed by atoms with Crippen molar-refractivity contribution in [2.24, 2.45) is 0 Å². The minimum atomic E-state index is -0.547. The van der Waals surface area contributed by atoms with E-state index in [0.717, 1.165) is 5.56 Å². The molecule has 1 aliphatic rings. The zero-order chi connectivity index (χ0) is 16.7. The van der Waals surface area contributed by atoms with Gasteiger partial charge in [-0.3, -0.25) is 9.20 Å². The van der Waals surface area contributed by atoms with Crippen molar-refractivity contribution >= 4 is 35.4 Å². The van der Waals surface area contributed by atoms with Gasteiger partial charge in [-0.25, -0.2) is 9.37 Å². The molecule has 0 saturated carbocycles. The Kier molecular flexibility index (Phi) is 5.05. The van der Waals surface area contributed by atoms with Gasteiger partial charge in [0.15, 0.2) is 0 Å². The Morgan fingerprint density at radius 1 is 1.16 bits per heavy atom. The van der Waals surface area contributed by atoms with Gasteiger partial charge in [0.1, 0.15) is 17.3 Å². The average Bonchev–Trinajstić information content (AvgIpc) is 2.97. The third kappa shape index (κ3) is 3.38. The maximum Gasteiger partial charge on any atom is 0.259 e. The Bertz CT molecular complexity index is 962. The van der Waals surface area contributed by atoms with Gasteiger partial charge in [-0.05, 0) is 36.2 Å². The van der Waals surface area contributed by atoms with Crippen molar-refractivity contribution in [3.63, 3.8) is 0 Å². The van der Waals surface area contributed by atoms with Crippen LogP contribution in [0.1, 0.15) is 18.0 Å². The van der Waals surface area contributed by atoms with Crippen LogP contribution in [0.3, 0.4) is 0 Å². The van der Waals surface area contributed by atoms with Gasteiger partial charge >= 0.3 is 0 Å². The molecule has 1 aromatic carbocycles. The number of hydrogen-bond acceptors (Lipinski definition) is 4. The van der Waals surface area contributed by atoms with Crippen LogP contribution in [0.2, 0.25) is 0 Å². The second kappa shape index (κ2) is 7.09. The molecule has 0 spiro atoms. The lowest BCUT2D eigenvalue weighted by Gasteiger charge is -2.25. The summed E-state index contributed by atoms with van der Waals surface area (Å²) in [7, 11) is 0. The summed E-state index contributed by atoms with van der Waals surface area (Å²) in [4.78, 5) is 18.7. The van der Waals surface area contributed by atoms with E-state index in [-0.39, 0.29) is 41.4 Å². The van der Waals surface area contributed by atoms with E-state index in [1.165, 1.54) is 22.6 Å². The summed E-state index contributed by atoms with van der Waals surface area (Å²) in [6.45, 7) is 0.358. The first-order chi connectivity index (χ1) is 11.6. The van der Waals surface area contributed by atoms with Gasteiger partial charge in [0.25, 0.3) is 5.56 Å². The summed E-state index contributed by atoms with van der Waals surface area (Å²) >= 11 is 0. The molecule has 0 amide bonds. The van der Waals surface area contributed by atoms with Crippen LogP contribution in [-0.4, -0.2) is 27.1 Å². The number of fused-ring (bicyclic) bond motifs is 1. The van der Waals surface area contributed by atoms with Crippen LogP contribution in [0, 0.1) is 5.82 Å². The largest absolute Gasteiger partial charge is 0.391 e. The van der Waals surface area contributed by atoms with Crippen molar-refractivity contribution in [1.29, 1.82) is 0 Å². The number of pyridine rings is 1. The van der Waals surface area contributed by atoms with Crippen LogP contribution in [0.25, 0.3) is 5.65 Å². The number of benzene rings is 1. The summed E-state index contributed by atoms with van der Waals surface area (Å²) in [5.41, 5.74) is 1.12. The highest BCUT2D eigenvalue weighted by molar-refractivity contribution is 14.0. The summed E-state index contributed by atoms with van der Waals surface area (Å²) in [5.74, 6) is 0.178. The van der Waals surface area contributed by atoms with E-state index < -0.39 is 6.10 Å². The summed E-state index contributed by atoms with van der Waals surface area (Å²) in [6.07, 6.45) is 1.59. The van der Waals surface area contributed by atoms with Crippen LogP contribution in [-0.2, 0) is 0 Å². The third-order valence-electron chi connectivity index (χ3n) is 4.36. The minimum absolute atomic E-state index is 0. The molecule has 3 heterocycles. The standard InChI is InChI=1S/C18H16FN3O2.HI/c19-13-5-3-4-12(8-13)15-9-14(23)11-22(15)17-10-18(24)21-7-2-1-6-16(21)20-17;/h1-8,10,14-15,23H,9,11H2;1H. The molecule has 2 aromatic heterocycles. The third-order valence-corrected chi connectivity index (χ3v) is 4.36. The topological polar surface area (TPSA) is 57.8 Å². The first kappa shape index (κ1) is 17.8. The van der Waals surface area contributed by atoms with E-state index in [4.69, 9.17) is 0 Å². The van der Waals surface area contributed by atoms with Crippen molar-refractivity contribution < 1.29 is 9.50 Å². The van der Waals surface area contributed by atoms with Crippen LogP contribution in [0.4, 0.5) is 10.2 Å². The van der Waals surface area contributed by atoms with Crippen molar-refractivity contribution in [2.45, 2.75) is 18.6 Å². The highest BCUT2D eigenvalue weighted by Gasteiger charge is 2.33. The predicted octanol–water partition coefficient (Wildman–Crippen LogP) is 2.76. The van der Waals surface area contributed by atoms with Crippen LogP contribution in [0.15, 0.2) is 59.5 Å². The van der Waals surface area contributed by atoms with Crippen molar-refractivity contribution in [3.8, 4) is 0 Å². The fraction of sp³-hybridized carbons (Fsp3) is 0.222. The lowest BCUT2D eigenvalue weighted by molar-refractivity contribution is 0.194. The van der Waals surface area contributed by atoms with Crippen LogP contribution >= 0.6 is 24.0 Å². The van der Waals surface area contributed by atoms with E-state index in [2.05, 4.69) is 4.98 Å². The van der Waals surface area contributed by atoms with Crippen LogP contribution < -0.4 is 10.5 Å². The van der Waals surface area contributed by atoms with E-state index in [9.17, 15) is 14.3 Å². The van der Waals surface area contributed by atoms with Gasteiger partial charge in [-0.1, -0.05) is 18.2 Å². The zero-order valence-corrected chi connectivity index (χ0v) is 15.6. The lowest BCUT2D eigenvalue weighted by Crippen LogP contribution is -2.27. The summed E-state index contributed by atoms with van der Waals surface area (Å²) in [5, 5.41) is 10.1. The molecule has 130 valence electrons. The van der Waals surface area contributed by atoms with E-state index in [0.29, 0.717) is 24.4 Å². The molecule has 1 N–H and O–H groups in total. The number of nitrogens with zero attached hydrogens (tertiary/aromatic N) is 3. The number of rotatable bonds is 2. The highest BCUT2D eigenvalue weighted by atomic mass is 127. The zero-order valence-electron chi connectivity index (χ0n) is 13.2. The number of aliphatic hydroxyl groups excluding tert-OH is 1. The average molecular weight is 453 g/mol. The molecule has 2 atom stereocenters. The predicted molar refractivity (Wildman–Crippen MR) is 104 cm³/mol. The molecule has 5 nitrogen and oxygen atoms in total. The van der Waals surface area contributed by atoms with Crippen molar-refractivity contribution in [1.82, 2.24) is 9.38 Å². The number of aliphatic hydroxyl groups is 1. The molecule has 4 rings (SSSR count). The molecule has 3 aromatic rings. The number of anilines is 1. The van der Waals surface area contributed by atoms with Gasteiger partial charge in [-0.2, -0.15) is 0 Å². The maximum atomic E-state index is 13.6. The molecule has 0 aliphatic carbocycles. The lowest BCUT2D eigenvalue weighted by atomic mass is 10.0. The quantitative estimate of drug-likeness (QED) is 0.607. The molecule has 7 heteroatoms. The Hall–Kier alpha value is -2.00. The van der Waals surface area contributed by atoms with E-state index in [1.807, 2.05) is 17.0 Å². The number of halogens is 2. The Balaban J connectivity index is 0.00000182. The Morgan fingerprint density at radius 2 is 2.00 bits per heavy atom. The summed E-state index contributed by atoms with van der Waals surface area (Å²) < 4.78 is 15.0. The number of β-amino-alcohol motifs (C(OH)–C–C–N with tert-alkyl or cyclic N) is 1. The first-order valence-electron chi connectivity index (χ1n) is 7.80. The Labute approximate surface area is 160 Å². The molecule has 0 bridgehead atoms. The maximum absolute atomic E-state index is 13.6.